The number of hydrogen-bond acceptors (Lipinski definition) is 3. The van der Waals surface area contributed by atoms with Crippen molar-refractivity contribution in [3.8, 4) is 0 Å². The maximum atomic E-state index is 11.6. The first-order chi connectivity index (χ1) is 6.91. The monoisotopic (exact) mass is 274 g/mol. The third-order valence-electron chi connectivity index (χ3n) is 1.17. The van der Waals surface area contributed by atoms with Gasteiger partial charge in [0.15, 0.2) is 6.61 Å². The molecule has 0 amide bonds. The summed E-state index contributed by atoms with van der Waals surface area (Å²) < 4.78 is 88.7. The second-order valence-corrected chi connectivity index (χ2v) is 4.92. The highest BCUT2D eigenvalue weighted by Gasteiger charge is 2.33. The van der Waals surface area contributed by atoms with Crippen molar-refractivity contribution in [3.05, 3.63) is 0 Å². The lowest BCUT2D eigenvalue weighted by Gasteiger charge is -2.15. The molecule has 0 aliphatic carbocycles. The minimum absolute atomic E-state index is 0.676. The van der Waals surface area contributed by atoms with Crippen molar-refractivity contribution >= 4 is 7.60 Å². The molecule has 0 N–H and O–H groups in total. The molecule has 16 heavy (non-hydrogen) atoms. The predicted octanol–water partition coefficient (Wildman–Crippen LogP) is 3.36. The SMILES string of the molecule is CP(=O)(OCCC(F)(F)F)OCC(F)(F)F. The summed E-state index contributed by atoms with van der Waals surface area (Å²) in [6.07, 6.45) is -10.6. The van der Waals surface area contributed by atoms with Gasteiger partial charge in [-0.2, -0.15) is 26.3 Å². The first-order valence-corrected chi connectivity index (χ1v) is 5.90. The number of alkyl halides is 6. The molecule has 0 saturated heterocycles. The molecule has 0 aliphatic rings. The van der Waals surface area contributed by atoms with Gasteiger partial charge in [0.2, 0.25) is 0 Å². The van der Waals surface area contributed by atoms with Crippen molar-refractivity contribution < 1.29 is 40.0 Å². The van der Waals surface area contributed by atoms with Gasteiger partial charge in [0.1, 0.15) is 0 Å². The first-order valence-electron chi connectivity index (χ1n) is 3.91. The van der Waals surface area contributed by atoms with Gasteiger partial charge in [0.05, 0.1) is 13.0 Å². The molecular weight excluding hydrogens is 265 g/mol. The van der Waals surface area contributed by atoms with E-state index in [-0.39, 0.29) is 0 Å². The summed E-state index contributed by atoms with van der Waals surface area (Å²) in [5.74, 6) is 0. The summed E-state index contributed by atoms with van der Waals surface area (Å²) in [5, 5.41) is 0. The van der Waals surface area contributed by atoms with Crippen molar-refractivity contribution in [2.75, 3.05) is 19.9 Å². The van der Waals surface area contributed by atoms with E-state index in [0.29, 0.717) is 6.66 Å². The summed E-state index contributed by atoms with van der Waals surface area (Å²) in [6.45, 7) is -2.16. The summed E-state index contributed by atoms with van der Waals surface area (Å²) in [5.41, 5.74) is 0. The Hall–Kier alpha value is -0.270. The molecule has 10 heteroatoms. The zero-order chi connectivity index (χ0) is 13.0. The van der Waals surface area contributed by atoms with Crippen LogP contribution in [0.25, 0.3) is 0 Å². The molecule has 0 saturated carbocycles. The van der Waals surface area contributed by atoms with Gasteiger partial charge < -0.3 is 4.52 Å². The lowest BCUT2D eigenvalue weighted by Crippen LogP contribution is -2.17. The Morgan fingerprint density at radius 1 is 1.00 bits per heavy atom. The third-order valence-corrected chi connectivity index (χ3v) is 2.42. The highest BCUT2D eigenvalue weighted by atomic mass is 31.2. The van der Waals surface area contributed by atoms with Crippen LogP contribution in [0, 0.1) is 0 Å². The van der Waals surface area contributed by atoms with Crippen LogP contribution in [0.3, 0.4) is 0 Å². The molecule has 0 rings (SSSR count). The van der Waals surface area contributed by atoms with Crippen LogP contribution in [0.4, 0.5) is 26.3 Å². The highest BCUT2D eigenvalue weighted by molar-refractivity contribution is 7.52. The van der Waals surface area contributed by atoms with E-state index in [2.05, 4.69) is 9.05 Å². The van der Waals surface area contributed by atoms with Crippen molar-refractivity contribution in [2.24, 2.45) is 0 Å². The van der Waals surface area contributed by atoms with Gasteiger partial charge in [-0.3, -0.25) is 9.09 Å². The fourth-order valence-corrected chi connectivity index (χ4v) is 1.43. The molecule has 0 aromatic heterocycles. The molecule has 0 aliphatic heterocycles. The van der Waals surface area contributed by atoms with E-state index < -0.39 is 39.6 Å². The van der Waals surface area contributed by atoms with Gasteiger partial charge in [-0.15, -0.1) is 0 Å². The highest BCUT2D eigenvalue weighted by Crippen LogP contribution is 2.45. The van der Waals surface area contributed by atoms with Crippen LogP contribution in [0.5, 0.6) is 0 Å². The maximum Gasteiger partial charge on any atom is 0.412 e. The van der Waals surface area contributed by atoms with E-state index in [9.17, 15) is 30.9 Å². The Labute approximate surface area is 87.2 Å². The van der Waals surface area contributed by atoms with Gasteiger partial charge in [-0.1, -0.05) is 0 Å². The van der Waals surface area contributed by atoms with Crippen molar-refractivity contribution in [1.82, 2.24) is 0 Å². The average Bonchev–Trinajstić information content (AvgIpc) is 1.97. The molecule has 0 spiro atoms. The third kappa shape index (κ3) is 10.3. The molecular formula is C6H9F6O3P. The summed E-state index contributed by atoms with van der Waals surface area (Å²) in [4.78, 5) is 0. The van der Waals surface area contributed by atoms with Gasteiger partial charge in [-0.25, -0.2) is 0 Å². The Morgan fingerprint density at radius 2 is 1.50 bits per heavy atom. The Bertz CT molecular complexity index is 260. The maximum absolute atomic E-state index is 11.6. The van der Waals surface area contributed by atoms with Crippen molar-refractivity contribution in [3.63, 3.8) is 0 Å². The molecule has 0 aromatic rings. The summed E-state index contributed by atoms with van der Waals surface area (Å²) >= 11 is 0. The minimum atomic E-state index is -4.71. The Kier molecular flexibility index (Phi) is 5.28. The Balaban J connectivity index is 3.93. The topological polar surface area (TPSA) is 35.5 Å². The normalized spacial score (nSPS) is 17.2. The lowest BCUT2D eigenvalue weighted by atomic mass is 10.5. The van der Waals surface area contributed by atoms with E-state index in [1.165, 1.54) is 0 Å². The number of halogens is 6. The van der Waals surface area contributed by atoms with Crippen molar-refractivity contribution in [2.45, 2.75) is 18.8 Å². The second kappa shape index (κ2) is 5.37. The van der Waals surface area contributed by atoms with Crippen LogP contribution < -0.4 is 0 Å². The van der Waals surface area contributed by atoms with E-state index >= 15 is 0 Å². The van der Waals surface area contributed by atoms with Gasteiger partial charge >= 0.3 is 19.9 Å². The van der Waals surface area contributed by atoms with E-state index in [4.69, 9.17) is 0 Å². The molecule has 0 heterocycles. The molecule has 0 radical (unpaired) electrons. The molecule has 0 bridgehead atoms. The quantitative estimate of drug-likeness (QED) is 0.569. The summed E-state index contributed by atoms with van der Waals surface area (Å²) in [7, 11) is -4.10. The number of hydrogen-bond donors (Lipinski definition) is 0. The van der Waals surface area contributed by atoms with Crippen LogP contribution in [0.15, 0.2) is 0 Å². The largest absolute Gasteiger partial charge is 0.412 e. The zero-order valence-electron chi connectivity index (χ0n) is 8.06. The molecule has 98 valence electrons. The van der Waals surface area contributed by atoms with Crippen LogP contribution >= 0.6 is 7.60 Å². The van der Waals surface area contributed by atoms with Crippen LogP contribution in [0.1, 0.15) is 6.42 Å². The van der Waals surface area contributed by atoms with Crippen LogP contribution in [0.2, 0.25) is 0 Å². The second-order valence-electron chi connectivity index (χ2n) is 2.86. The molecule has 3 nitrogen and oxygen atoms in total. The average molecular weight is 274 g/mol. The predicted molar refractivity (Wildman–Crippen MR) is 42.2 cm³/mol. The molecule has 0 fully saturated rings. The van der Waals surface area contributed by atoms with Gasteiger partial charge in [0, 0.05) is 6.66 Å². The van der Waals surface area contributed by atoms with Gasteiger partial charge in [-0.05, 0) is 0 Å². The Morgan fingerprint density at radius 3 is 1.88 bits per heavy atom. The first kappa shape index (κ1) is 15.7. The standard InChI is InChI=1S/C6H9F6O3P/c1-16(13,15-4-6(10,11)12)14-3-2-5(7,8)9/h2-4H2,1H3. The molecule has 1 unspecified atom stereocenters. The van der Waals surface area contributed by atoms with E-state index in [0.717, 1.165) is 0 Å². The molecule has 1 atom stereocenters. The van der Waals surface area contributed by atoms with Crippen molar-refractivity contribution in [1.29, 1.82) is 0 Å². The zero-order valence-corrected chi connectivity index (χ0v) is 8.96. The molecule has 0 aromatic carbocycles. The van der Waals surface area contributed by atoms with Crippen LogP contribution in [-0.2, 0) is 13.6 Å². The van der Waals surface area contributed by atoms with Crippen LogP contribution in [-0.4, -0.2) is 32.2 Å². The van der Waals surface area contributed by atoms with Gasteiger partial charge in [0.25, 0.3) is 0 Å². The minimum Gasteiger partial charge on any atom is -0.308 e. The number of rotatable bonds is 5. The lowest BCUT2D eigenvalue weighted by molar-refractivity contribution is -0.157. The fourth-order valence-electron chi connectivity index (χ4n) is 0.555. The van der Waals surface area contributed by atoms with E-state index in [1.807, 2.05) is 0 Å². The summed E-state index contributed by atoms with van der Waals surface area (Å²) in [6, 6.07) is 0. The van der Waals surface area contributed by atoms with E-state index in [1.54, 1.807) is 0 Å². The smallest absolute Gasteiger partial charge is 0.308 e. The fraction of sp³-hybridized carbons (Fsp3) is 1.00.